The van der Waals surface area contributed by atoms with E-state index in [1.54, 1.807) is 18.4 Å². The summed E-state index contributed by atoms with van der Waals surface area (Å²) in [5.74, 6) is 0.903. The molecule has 0 aliphatic rings. The van der Waals surface area contributed by atoms with E-state index in [1.165, 1.54) is 10.4 Å². The molecule has 17 heavy (non-hydrogen) atoms. The third-order valence-corrected chi connectivity index (χ3v) is 3.80. The van der Waals surface area contributed by atoms with Crippen LogP contribution in [0.2, 0.25) is 0 Å². The van der Waals surface area contributed by atoms with E-state index in [0.29, 0.717) is 6.04 Å². The lowest BCUT2D eigenvalue weighted by Crippen LogP contribution is -2.16. The Labute approximate surface area is 106 Å². The van der Waals surface area contributed by atoms with Crippen molar-refractivity contribution in [2.24, 2.45) is 0 Å². The number of hydrogen-bond acceptors (Lipinski definition) is 3. The molecule has 1 heterocycles. The number of nitrogens with one attached hydrogen (secondary N) is 1. The van der Waals surface area contributed by atoms with E-state index in [9.17, 15) is 0 Å². The molecule has 0 fully saturated rings. The maximum absolute atomic E-state index is 5.13. The first-order valence-corrected chi connectivity index (χ1v) is 6.57. The van der Waals surface area contributed by atoms with Gasteiger partial charge in [0.15, 0.2) is 0 Å². The fraction of sp³-hybridized carbons (Fsp3) is 0.286. The van der Waals surface area contributed by atoms with Gasteiger partial charge in [0.05, 0.1) is 7.11 Å². The lowest BCUT2D eigenvalue weighted by Gasteiger charge is -2.12. The Morgan fingerprint density at radius 2 is 2.00 bits per heavy atom. The molecule has 1 aromatic carbocycles. The SMILES string of the molecule is COc1ccc(CNC(C)c2cccs2)cc1. The Morgan fingerprint density at radius 1 is 1.24 bits per heavy atom. The van der Waals surface area contributed by atoms with Crippen LogP contribution in [-0.2, 0) is 6.54 Å². The first kappa shape index (κ1) is 12.1. The summed E-state index contributed by atoms with van der Waals surface area (Å²) in [6, 6.07) is 12.8. The van der Waals surface area contributed by atoms with Crippen LogP contribution in [0, 0.1) is 0 Å². The molecule has 2 aromatic rings. The van der Waals surface area contributed by atoms with E-state index in [-0.39, 0.29) is 0 Å². The van der Waals surface area contributed by atoms with Crippen LogP contribution in [0.25, 0.3) is 0 Å². The normalized spacial score (nSPS) is 12.4. The molecule has 0 aliphatic heterocycles. The van der Waals surface area contributed by atoms with Gasteiger partial charge in [0.1, 0.15) is 5.75 Å². The Kier molecular flexibility index (Phi) is 4.18. The van der Waals surface area contributed by atoms with Crippen molar-refractivity contribution in [3.63, 3.8) is 0 Å². The summed E-state index contributed by atoms with van der Waals surface area (Å²) in [7, 11) is 1.69. The first-order valence-electron chi connectivity index (χ1n) is 5.69. The van der Waals surface area contributed by atoms with E-state index >= 15 is 0 Å². The number of hydrogen-bond donors (Lipinski definition) is 1. The molecule has 3 heteroatoms. The minimum absolute atomic E-state index is 0.400. The summed E-state index contributed by atoms with van der Waals surface area (Å²) < 4.78 is 5.13. The van der Waals surface area contributed by atoms with Gasteiger partial charge in [0.25, 0.3) is 0 Å². The van der Waals surface area contributed by atoms with Crippen molar-refractivity contribution < 1.29 is 4.74 Å². The molecule has 90 valence electrons. The fourth-order valence-corrected chi connectivity index (χ4v) is 2.41. The summed E-state index contributed by atoms with van der Waals surface area (Å²) in [4.78, 5) is 1.37. The lowest BCUT2D eigenvalue weighted by atomic mass is 10.2. The van der Waals surface area contributed by atoms with E-state index in [2.05, 4.69) is 41.9 Å². The number of rotatable bonds is 5. The average Bonchev–Trinajstić information content (AvgIpc) is 2.90. The van der Waals surface area contributed by atoms with Gasteiger partial charge in [-0.25, -0.2) is 0 Å². The van der Waals surface area contributed by atoms with Crippen LogP contribution in [-0.4, -0.2) is 7.11 Å². The molecule has 2 nitrogen and oxygen atoms in total. The van der Waals surface area contributed by atoms with Gasteiger partial charge in [-0.1, -0.05) is 18.2 Å². The quantitative estimate of drug-likeness (QED) is 0.871. The fourth-order valence-electron chi connectivity index (χ4n) is 1.65. The van der Waals surface area contributed by atoms with Crippen LogP contribution in [0.1, 0.15) is 23.4 Å². The molecular weight excluding hydrogens is 230 g/mol. The van der Waals surface area contributed by atoms with E-state index in [4.69, 9.17) is 4.74 Å². The second-order valence-electron chi connectivity index (χ2n) is 3.97. The van der Waals surface area contributed by atoms with E-state index in [0.717, 1.165) is 12.3 Å². The molecule has 0 amide bonds. The molecular formula is C14H17NOS. The topological polar surface area (TPSA) is 21.3 Å². The van der Waals surface area contributed by atoms with Gasteiger partial charge in [-0.2, -0.15) is 0 Å². The number of thiophene rings is 1. The average molecular weight is 247 g/mol. The number of methoxy groups -OCH3 is 1. The first-order chi connectivity index (χ1) is 8.29. The van der Waals surface area contributed by atoms with Crippen LogP contribution in [0.4, 0.5) is 0 Å². The molecule has 0 saturated heterocycles. The summed E-state index contributed by atoms with van der Waals surface area (Å²) in [5.41, 5.74) is 1.27. The van der Waals surface area contributed by atoms with E-state index in [1.807, 2.05) is 12.1 Å². The molecule has 0 spiro atoms. The molecule has 0 saturated carbocycles. The van der Waals surface area contributed by atoms with Crippen LogP contribution < -0.4 is 10.1 Å². The zero-order chi connectivity index (χ0) is 12.1. The Morgan fingerprint density at radius 3 is 2.59 bits per heavy atom. The Balaban J connectivity index is 1.89. The summed E-state index contributed by atoms with van der Waals surface area (Å²) >= 11 is 1.79. The van der Waals surface area contributed by atoms with Crippen LogP contribution in [0.3, 0.4) is 0 Å². The molecule has 1 N–H and O–H groups in total. The van der Waals surface area contributed by atoms with Crippen molar-refractivity contribution in [1.82, 2.24) is 5.32 Å². The third-order valence-electron chi connectivity index (χ3n) is 2.74. The van der Waals surface area contributed by atoms with Crippen molar-refractivity contribution in [2.45, 2.75) is 19.5 Å². The van der Waals surface area contributed by atoms with Crippen molar-refractivity contribution >= 4 is 11.3 Å². The maximum atomic E-state index is 5.13. The third kappa shape index (κ3) is 3.32. The second-order valence-corrected chi connectivity index (χ2v) is 4.95. The van der Waals surface area contributed by atoms with Crippen LogP contribution in [0.15, 0.2) is 41.8 Å². The lowest BCUT2D eigenvalue weighted by molar-refractivity contribution is 0.414. The van der Waals surface area contributed by atoms with Gasteiger partial charge in [0, 0.05) is 17.5 Å². The Hall–Kier alpha value is -1.32. The zero-order valence-electron chi connectivity index (χ0n) is 10.1. The van der Waals surface area contributed by atoms with Crippen molar-refractivity contribution in [3.05, 3.63) is 52.2 Å². The number of benzene rings is 1. The van der Waals surface area contributed by atoms with Gasteiger partial charge in [-0.3, -0.25) is 0 Å². The molecule has 2 rings (SSSR count). The highest BCUT2D eigenvalue weighted by molar-refractivity contribution is 7.10. The molecule has 0 radical (unpaired) electrons. The van der Waals surface area contributed by atoms with Gasteiger partial charge < -0.3 is 10.1 Å². The van der Waals surface area contributed by atoms with Gasteiger partial charge in [0.2, 0.25) is 0 Å². The number of ether oxygens (including phenoxy) is 1. The van der Waals surface area contributed by atoms with Crippen molar-refractivity contribution in [2.75, 3.05) is 7.11 Å². The summed E-state index contributed by atoms with van der Waals surface area (Å²) in [6.45, 7) is 3.07. The molecule has 1 atom stereocenters. The standard InChI is InChI=1S/C14H17NOS/c1-11(14-4-3-9-17-14)15-10-12-5-7-13(16-2)8-6-12/h3-9,11,15H,10H2,1-2H3. The summed E-state index contributed by atoms with van der Waals surface area (Å²) in [5, 5.41) is 5.62. The van der Waals surface area contributed by atoms with Gasteiger partial charge >= 0.3 is 0 Å². The predicted octanol–water partition coefficient (Wildman–Crippen LogP) is 3.61. The molecule has 0 bridgehead atoms. The molecule has 1 unspecified atom stereocenters. The van der Waals surface area contributed by atoms with Crippen molar-refractivity contribution in [1.29, 1.82) is 0 Å². The van der Waals surface area contributed by atoms with Gasteiger partial charge in [-0.15, -0.1) is 11.3 Å². The highest BCUT2D eigenvalue weighted by Crippen LogP contribution is 2.19. The van der Waals surface area contributed by atoms with Crippen LogP contribution in [0.5, 0.6) is 5.75 Å². The predicted molar refractivity (Wildman–Crippen MR) is 72.6 cm³/mol. The molecule has 1 aromatic heterocycles. The summed E-state index contributed by atoms with van der Waals surface area (Å²) in [6.07, 6.45) is 0. The van der Waals surface area contributed by atoms with E-state index < -0.39 is 0 Å². The smallest absolute Gasteiger partial charge is 0.118 e. The van der Waals surface area contributed by atoms with Gasteiger partial charge in [-0.05, 0) is 36.1 Å². The maximum Gasteiger partial charge on any atom is 0.118 e. The van der Waals surface area contributed by atoms with Crippen molar-refractivity contribution in [3.8, 4) is 5.75 Å². The largest absolute Gasteiger partial charge is 0.497 e. The van der Waals surface area contributed by atoms with Crippen LogP contribution >= 0.6 is 11.3 Å². The highest BCUT2D eigenvalue weighted by Gasteiger charge is 2.05. The highest BCUT2D eigenvalue weighted by atomic mass is 32.1. The minimum Gasteiger partial charge on any atom is -0.497 e. The minimum atomic E-state index is 0.400. The zero-order valence-corrected chi connectivity index (χ0v) is 11.0. The molecule has 0 aliphatic carbocycles. The Bertz CT molecular complexity index is 436. The monoisotopic (exact) mass is 247 g/mol. The second kappa shape index (κ2) is 5.84.